The Labute approximate surface area is 239 Å². The van der Waals surface area contributed by atoms with Crippen LogP contribution in [0.5, 0.6) is 5.75 Å². The minimum Gasteiger partial charge on any atom is -0.487 e. The van der Waals surface area contributed by atoms with Crippen LogP contribution in [-0.4, -0.2) is 47.1 Å². The van der Waals surface area contributed by atoms with Crippen LogP contribution in [0, 0.1) is 16.7 Å². The molecule has 16 heteroatoms. The molecule has 3 N–H and O–H groups in total. The van der Waals surface area contributed by atoms with Crippen LogP contribution >= 0.6 is 23.2 Å². The number of ether oxygens (including phenoxy) is 1. The van der Waals surface area contributed by atoms with Crippen molar-refractivity contribution in [2.24, 2.45) is 12.5 Å². The molecule has 0 bridgehead atoms. The second kappa shape index (κ2) is 11.6. The summed E-state index contributed by atoms with van der Waals surface area (Å²) < 4.78 is 70.0. The number of imidazole rings is 1. The zero-order valence-electron chi connectivity index (χ0n) is 21.1. The second-order valence-electron chi connectivity index (χ2n) is 9.23. The third-order valence-corrected chi connectivity index (χ3v) is 7.03. The van der Waals surface area contributed by atoms with E-state index in [1.165, 1.54) is 16.7 Å². The molecule has 218 valence electrons. The van der Waals surface area contributed by atoms with E-state index in [1.54, 1.807) is 18.4 Å². The number of hydrogen-bond acceptors (Lipinski definition) is 6. The van der Waals surface area contributed by atoms with E-state index in [0.29, 0.717) is 18.4 Å². The number of nitriles is 1. The maximum absolute atomic E-state index is 12.8. The average Bonchev–Trinajstić information content (AvgIpc) is 3.66. The fourth-order valence-electron chi connectivity index (χ4n) is 3.87. The molecule has 0 radical (unpaired) electrons. The molecule has 4 rings (SSSR count). The molecule has 9 nitrogen and oxygen atoms in total. The summed E-state index contributed by atoms with van der Waals surface area (Å²) in [5.41, 5.74) is -0.355. The zero-order valence-corrected chi connectivity index (χ0v) is 22.6. The van der Waals surface area contributed by atoms with E-state index in [1.807, 2.05) is 6.07 Å². The standard InChI is InChI=1S/C25H21Cl2F5N6O3/c1-38-16-7-17(41-9-18(28)29)13(21(39)35-11-25(30,31)32)6-15(16)36-23(38)37-20-14(26)3-2-12(19(20)27)8-34-22(40)24(10-33)4-5-24/h2-3,6-7,18H,4-5,8-9,11H2,1H3,(H,34,40)(H,35,39)(H,36,37). The van der Waals surface area contributed by atoms with Gasteiger partial charge in [0.05, 0.1) is 38.4 Å². The van der Waals surface area contributed by atoms with Crippen molar-refractivity contribution in [1.29, 1.82) is 5.26 Å². The predicted molar refractivity (Wildman–Crippen MR) is 139 cm³/mol. The molecule has 0 spiro atoms. The Balaban J connectivity index is 1.64. The number of nitrogens with one attached hydrogen (secondary N) is 3. The Hall–Kier alpha value is -3.83. The monoisotopic (exact) mass is 618 g/mol. The van der Waals surface area contributed by atoms with Gasteiger partial charge in [0, 0.05) is 19.7 Å². The summed E-state index contributed by atoms with van der Waals surface area (Å²) >= 11 is 12.9. The molecular formula is C25H21Cl2F5N6O3. The van der Waals surface area contributed by atoms with Crippen molar-refractivity contribution in [2.45, 2.75) is 32.0 Å². The number of alkyl halides is 5. The Bertz CT molecular complexity index is 1550. The number of halogens is 7. The third-order valence-electron chi connectivity index (χ3n) is 6.29. The summed E-state index contributed by atoms with van der Waals surface area (Å²) in [5.74, 6) is -1.85. The predicted octanol–water partition coefficient (Wildman–Crippen LogP) is 5.48. The number of benzene rings is 2. The van der Waals surface area contributed by atoms with E-state index >= 15 is 0 Å². The second-order valence-corrected chi connectivity index (χ2v) is 10.0. The molecule has 0 unspecified atom stereocenters. The molecule has 1 aliphatic carbocycles. The Morgan fingerprint density at radius 3 is 2.54 bits per heavy atom. The fraction of sp³-hybridized carbons (Fsp3) is 0.360. The highest BCUT2D eigenvalue weighted by Crippen LogP contribution is 2.45. The van der Waals surface area contributed by atoms with Gasteiger partial charge in [-0.05, 0) is 30.5 Å². The van der Waals surface area contributed by atoms with Gasteiger partial charge in [0.15, 0.2) is 0 Å². The number of amides is 2. The van der Waals surface area contributed by atoms with Crippen molar-refractivity contribution in [3.8, 4) is 11.8 Å². The van der Waals surface area contributed by atoms with Crippen molar-refractivity contribution in [2.75, 3.05) is 18.5 Å². The molecule has 3 aromatic rings. The van der Waals surface area contributed by atoms with Gasteiger partial charge in [-0.3, -0.25) is 9.59 Å². The van der Waals surface area contributed by atoms with Crippen molar-refractivity contribution in [1.82, 2.24) is 20.2 Å². The van der Waals surface area contributed by atoms with Crippen LogP contribution in [-0.2, 0) is 18.4 Å². The number of aromatic nitrogens is 2. The summed E-state index contributed by atoms with van der Waals surface area (Å²) in [6, 6.07) is 7.44. The lowest BCUT2D eigenvalue weighted by molar-refractivity contribution is -0.124. The van der Waals surface area contributed by atoms with Gasteiger partial charge in [-0.25, -0.2) is 13.8 Å². The van der Waals surface area contributed by atoms with E-state index < -0.39 is 48.5 Å². The lowest BCUT2D eigenvalue weighted by Crippen LogP contribution is -2.34. The maximum Gasteiger partial charge on any atom is 0.405 e. The van der Waals surface area contributed by atoms with Crippen molar-refractivity contribution in [3.63, 3.8) is 0 Å². The van der Waals surface area contributed by atoms with Crippen LogP contribution in [0.4, 0.5) is 33.6 Å². The number of fused-ring (bicyclic) bond motifs is 1. The number of carbonyl (C=O) groups excluding carboxylic acids is 2. The van der Waals surface area contributed by atoms with Gasteiger partial charge in [-0.1, -0.05) is 29.3 Å². The molecule has 2 aromatic carbocycles. The van der Waals surface area contributed by atoms with Crippen LogP contribution < -0.4 is 20.7 Å². The van der Waals surface area contributed by atoms with Crippen LogP contribution in [0.15, 0.2) is 24.3 Å². The lowest BCUT2D eigenvalue weighted by Gasteiger charge is -2.15. The van der Waals surface area contributed by atoms with Gasteiger partial charge in [-0.15, -0.1) is 0 Å². The van der Waals surface area contributed by atoms with E-state index in [0.717, 1.165) is 6.07 Å². The van der Waals surface area contributed by atoms with Crippen molar-refractivity contribution >= 4 is 57.7 Å². The first kappa shape index (κ1) is 30.1. The Kier molecular flexibility index (Phi) is 8.51. The molecule has 2 amide bonds. The molecule has 1 fully saturated rings. The summed E-state index contributed by atoms with van der Waals surface area (Å²) in [6.45, 7) is -2.73. The number of hydrogen-bond donors (Lipinski definition) is 3. The van der Waals surface area contributed by atoms with Crippen LogP contribution in [0.1, 0.15) is 28.8 Å². The molecule has 1 aliphatic rings. The Morgan fingerprint density at radius 2 is 1.93 bits per heavy atom. The molecule has 0 aliphatic heterocycles. The van der Waals surface area contributed by atoms with E-state index in [4.69, 9.17) is 27.9 Å². The fourth-order valence-corrected chi connectivity index (χ4v) is 4.41. The normalized spacial score (nSPS) is 14.0. The summed E-state index contributed by atoms with van der Waals surface area (Å²) in [6.07, 6.45) is -6.65. The van der Waals surface area contributed by atoms with Gasteiger partial charge < -0.3 is 25.3 Å². The highest BCUT2D eigenvalue weighted by Gasteiger charge is 2.50. The number of nitrogens with zero attached hydrogens (tertiary/aromatic N) is 3. The van der Waals surface area contributed by atoms with Gasteiger partial charge in [0.25, 0.3) is 12.3 Å². The molecule has 1 saturated carbocycles. The molecule has 0 saturated heterocycles. The van der Waals surface area contributed by atoms with Crippen LogP contribution in [0.3, 0.4) is 0 Å². The first-order valence-corrected chi connectivity index (χ1v) is 12.7. The van der Waals surface area contributed by atoms with Gasteiger partial charge in [-0.2, -0.15) is 18.4 Å². The first-order valence-electron chi connectivity index (χ1n) is 11.9. The van der Waals surface area contributed by atoms with Crippen LogP contribution in [0.25, 0.3) is 11.0 Å². The van der Waals surface area contributed by atoms with Gasteiger partial charge >= 0.3 is 6.18 Å². The van der Waals surface area contributed by atoms with Crippen molar-refractivity contribution < 1.29 is 36.3 Å². The highest BCUT2D eigenvalue weighted by molar-refractivity contribution is 6.39. The minimum absolute atomic E-state index is 0.0106. The maximum atomic E-state index is 12.8. The first-order chi connectivity index (χ1) is 19.2. The summed E-state index contributed by atoms with van der Waals surface area (Å²) in [4.78, 5) is 29.2. The smallest absolute Gasteiger partial charge is 0.405 e. The molecule has 0 atom stereocenters. The van der Waals surface area contributed by atoms with E-state index in [9.17, 15) is 36.8 Å². The van der Waals surface area contributed by atoms with E-state index in [-0.39, 0.29) is 45.0 Å². The molecule has 1 heterocycles. The molecule has 1 aromatic heterocycles. The minimum atomic E-state index is -4.70. The number of anilines is 2. The topological polar surface area (TPSA) is 121 Å². The van der Waals surface area contributed by atoms with Gasteiger partial charge in [0.1, 0.15) is 24.3 Å². The summed E-state index contributed by atoms with van der Waals surface area (Å²) in [7, 11) is 1.54. The highest BCUT2D eigenvalue weighted by atomic mass is 35.5. The van der Waals surface area contributed by atoms with Gasteiger partial charge in [0.2, 0.25) is 11.9 Å². The SMILES string of the molecule is Cn1c(Nc2c(Cl)ccc(CNC(=O)C3(C#N)CC3)c2Cl)nc2cc(C(=O)NCC(F)(F)F)c(OCC(F)F)cc21. The summed E-state index contributed by atoms with van der Waals surface area (Å²) in [5, 5.41) is 16.9. The average molecular weight is 619 g/mol. The van der Waals surface area contributed by atoms with E-state index in [2.05, 4.69) is 15.6 Å². The third kappa shape index (κ3) is 6.74. The number of rotatable bonds is 10. The number of aryl methyl sites for hydroxylation is 1. The number of carbonyl (C=O) groups is 2. The largest absolute Gasteiger partial charge is 0.487 e. The molecular weight excluding hydrogens is 598 g/mol. The zero-order chi connectivity index (χ0) is 30.1. The van der Waals surface area contributed by atoms with Crippen molar-refractivity contribution in [3.05, 3.63) is 45.4 Å². The lowest BCUT2D eigenvalue weighted by atomic mass is 10.1. The Morgan fingerprint density at radius 1 is 1.22 bits per heavy atom. The quantitative estimate of drug-likeness (QED) is 0.259. The molecule has 41 heavy (non-hydrogen) atoms. The van der Waals surface area contributed by atoms with Crippen LogP contribution in [0.2, 0.25) is 10.0 Å².